The monoisotopic (exact) mass is 1030 g/mol. The predicted octanol–water partition coefficient (Wildman–Crippen LogP) is 21.7. The number of esters is 3. The molecule has 0 aromatic heterocycles. The van der Waals surface area contributed by atoms with Gasteiger partial charge in [0.15, 0.2) is 6.10 Å². The molecule has 0 aromatic rings. The molecule has 0 aliphatic heterocycles. The van der Waals surface area contributed by atoms with Crippen molar-refractivity contribution >= 4 is 17.9 Å². The number of carbonyl (C=O) groups excluding carboxylic acids is 3. The van der Waals surface area contributed by atoms with E-state index in [1.54, 1.807) is 0 Å². The first-order chi connectivity index (χ1) is 36.5. The van der Waals surface area contributed by atoms with Crippen molar-refractivity contribution in [1.82, 2.24) is 0 Å². The van der Waals surface area contributed by atoms with E-state index in [9.17, 15) is 14.4 Å². The van der Waals surface area contributed by atoms with E-state index in [1.807, 2.05) is 0 Å². The second kappa shape index (κ2) is 62.4. The summed E-state index contributed by atoms with van der Waals surface area (Å²) in [6.07, 6.45) is 80.8. The van der Waals surface area contributed by atoms with Gasteiger partial charge < -0.3 is 14.2 Å². The number of hydrogen-bond donors (Lipinski definition) is 0. The smallest absolute Gasteiger partial charge is 0.306 e. The summed E-state index contributed by atoms with van der Waals surface area (Å²) in [5.74, 6) is -0.919. The Balaban J connectivity index is 4.12. The van der Waals surface area contributed by atoms with Gasteiger partial charge in [-0.25, -0.2) is 0 Å². The zero-order valence-corrected chi connectivity index (χ0v) is 49.1. The molecule has 1 atom stereocenters. The summed E-state index contributed by atoms with van der Waals surface area (Å²) in [5, 5.41) is 0. The second-order valence-electron chi connectivity index (χ2n) is 21.3. The summed E-state index contributed by atoms with van der Waals surface area (Å²) in [6.45, 7) is 6.50. The fourth-order valence-electron chi connectivity index (χ4n) is 9.17. The lowest BCUT2D eigenvalue weighted by atomic mass is 10.0. The molecule has 0 aliphatic carbocycles. The number of hydrogen-bond acceptors (Lipinski definition) is 6. The highest BCUT2D eigenvalue weighted by Crippen LogP contribution is 2.17. The highest BCUT2D eigenvalue weighted by atomic mass is 16.6. The lowest BCUT2D eigenvalue weighted by Crippen LogP contribution is -2.30. The van der Waals surface area contributed by atoms with E-state index in [1.165, 1.54) is 193 Å². The van der Waals surface area contributed by atoms with Crippen molar-refractivity contribution in [3.05, 3.63) is 72.9 Å². The maximum atomic E-state index is 12.8. The third-order valence-corrected chi connectivity index (χ3v) is 13.9. The minimum Gasteiger partial charge on any atom is -0.462 e. The van der Waals surface area contributed by atoms with Crippen LogP contribution in [0.5, 0.6) is 0 Å². The van der Waals surface area contributed by atoms with Crippen LogP contribution in [0.15, 0.2) is 72.9 Å². The zero-order valence-electron chi connectivity index (χ0n) is 49.1. The Morgan fingerprint density at radius 3 is 0.851 bits per heavy atom. The van der Waals surface area contributed by atoms with E-state index in [-0.39, 0.29) is 37.5 Å². The van der Waals surface area contributed by atoms with Crippen molar-refractivity contribution in [3.8, 4) is 0 Å². The highest BCUT2D eigenvalue weighted by molar-refractivity contribution is 5.71. The Morgan fingerprint density at radius 2 is 0.527 bits per heavy atom. The molecule has 0 aromatic carbocycles. The standard InChI is InChI=1S/C68H120O6/c1-4-7-10-13-16-19-22-24-26-27-28-29-30-31-32-33-34-35-36-37-38-39-40-41-43-44-46-49-52-55-58-61-67(70)73-64-65(63-72-66(69)60-57-54-51-48-21-18-15-12-9-6-3)74-68(71)62-59-56-53-50-47-45-42-25-23-20-17-14-11-8-5-2/h8,11,17,20,22,24-25,27-28,42,47,50,65H,4-7,9-10,12-16,18-19,21,23,26,29-41,43-46,48-49,51-64H2,1-3H3/b11-8-,20-17-,24-22-,28-27-,42-25-,50-47-. The molecule has 0 saturated carbocycles. The largest absolute Gasteiger partial charge is 0.462 e. The van der Waals surface area contributed by atoms with E-state index >= 15 is 0 Å². The van der Waals surface area contributed by atoms with E-state index in [0.717, 1.165) is 83.5 Å². The quantitative estimate of drug-likeness (QED) is 0.0261. The summed E-state index contributed by atoms with van der Waals surface area (Å²) in [4.78, 5) is 38.1. The van der Waals surface area contributed by atoms with Crippen LogP contribution in [0.25, 0.3) is 0 Å². The number of allylic oxidation sites excluding steroid dienone is 12. The van der Waals surface area contributed by atoms with Gasteiger partial charge in [0, 0.05) is 19.3 Å². The van der Waals surface area contributed by atoms with Crippen LogP contribution in [-0.4, -0.2) is 37.2 Å². The summed E-state index contributed by atoms with van der Waals surface area (Å²) >= 11 is 0. The second-order valence-corrected chi connectivity index (χ2v) is 21.3. The van der Waals surface area contributed by atoms with Crippen LogP contribution in [0.3, 0.4) is 0 Å². The Bertz CT molecular complexity index is 1370. The average Bonchev–Trinajstić information content (AvgIpc) is 3.40. The molecule has 0 N–H and O–H groups in total. The first kappa shape index (κ1) is 70.8. The first-order valence-electron chi connectivity index (χ1n) is 31.9. The lowest BCUT2D eigenvalue weighted by molar-refractivity contribution is -0.167. The van der Waals surface area contributed by atoms with Gasteiger partial charge in [-0.3, -0.25) is 14.4 Å². The molecular formula is C68H120O6. The Kier molecular flexibility index (Phi) is 59.7. The van der Waals surface area contributed by atoms with Gasteiger partial charge in [0.2, 0.25) is 0 Å². The van der Waals surface area contributed by atoms with Crippen LogP contribution in [-0.2, 0) is 28.6 Å². The van der Waals surface area contributed by atoms with Crippen LogP contribution in [0.2, 0.25) is 0 Å². The van der Waals surface area contributed by atoms with Crippen LogP contribution in [0, 0.1) is 0 Å². The minimum atomic E-state index is -0.794. The predicted molar refractivity (Wildman–Crippen MR) is 321 cm³/mol. The van der Waals surface area contributed by atoms with Crippen molar-refractivity contribution in [3.63, 3.8) is 0 Å². The van der Waals surface area contributed by atoms with E-state index in [0.29, 0.717) is 19.3 Å². The topological polar surface area (TPSA) is 78.9 Å². The van der Waals surface area contributed by atoms with Gasteiger partial charge in [-0.2, -0.15) is 0 Å². The normalized spacial score (nSPS) is 12.5. The van der Waals surface area contributed by atoms with Crippen LogP contribution < -0.4 is 0 Å². The molecule has 0 radical (unpaired) electrons. The fourth-order valence-corrected chi connectivity index (χ4v) is 9.17. The first-order valence-corrected chi connectivity index (χ1v) is 31.9. The SMILES string of the molecule is CC/C=C\C/C=C\C/C=C\C/C=C\CCCCC(=O)OC(COC(=O)CCCCCCCCCCCC)COC(=O)CCCCCCCCCCCCCCCCCCCCC/C=C\C/C=C\CCCCCCC. The summed E-state index contributed by atoms with van der Waals surface area (Å²) in [7, 11) is 0. The maximum Gasteiger partial charge on any atom is 0.306 e. The van der Waals surface area contributed by atoms with Gasteiger partial charge in [-0.15, -0.1) is 0 Å². The minimum absolute atomic E-state index is 0.0884. The molecule has 1 unspecified atom stereocenters. The van der Waals surface area contributed by atoms with E-state index in [4.69, 9.17) is 14.2 Å². The zero-order chi connectivity index (χ0) is 53.6. The number of ether oxygens (including phenoxy) is 3. The molecule has 74 heavy (non-hydrogen) atoms. The average molecular weight is 1030 g/mol. The molecule has 0 fully saturated rings. The Labute approximate surface area is 459 Å². The van der Waals surface area contributed by atoms with Crippen molar-refractivity contribution in [1.29, 1.82) is 0 Å². The molecule has 6 nitrogen and oxygen atoms in total. The molecule has 0 saturated heterocycles. The van der Waals surface area contributed by atoms with E-state index < -0.39 is 6.10 Å². The Hall–Kier alpha value is -3.15. The van der Waals surface area contributed by atoms with Gasteiger partial charge in [0.25, 0.3) is 0 Å². The summed E-state index contributed by atoms with van der Waals surface area (Å²) < 4.78 is 16.8. The fraction of sp³-hybridized carbons (Fsp3) is 0.779. The number of unbranched alkanes of at least 4 members (excludes halogenated alkanes) is 35. The number of rotatable bonds is 58. The number of carbonyl (C=O) groups is 3. The van der Waals surface area contributed by atoms with Crippen LogP contribution in [0.4, 0.5) is 0 Å². The van der Waals surface area contributed by atoms with Crippen molar-refractivity contribution in [2.75, 3.05) is 13.2 Å². The molecule has 6 heteroatoms. The lowest BCUT2D eigenvalue weighted by Gasteiger charge is -2.18. The molecule has 0 heterocycles. The van der Waals surface area contributed by atoms with Gasteiger partial charge in [-0.1, -0.05) is 286 Å². The summed E-state index contributed by atoms with van der Waals surface area (Å²) in [5.41, 5.74) is 0. The molecule has 0 rings (SSSR count). The third kappa shape index (κ3) is 59.7. The molecule has 0 aliphatic rings. The van der Waals surface area contributed by atoms with Crippen LogP contribution in [0.1, 0.15) is 323 Å². The van der Waals surface area contributed by atoms with Crippen molar-refractivity contribution in [2.45, 2.75) is 329 Å². The molecular weight excluding hydrogens is 913 g/mol. The van der Waals surface area contributed by atoms with E-state index in [2.05, 4.69) is 93.7 Å². The van der Waals surface area contributed by atoms with Gasteiger partial charge in [0.1, 0.15) is 13.2 Å². The van der Waals surface area contributed by atoms with Gasteiger partial charge >= 0.3 is 17.9 Å². The molecule has 0 bridgehead atoms. The van der Waals surface area contributed by atoms with Crippen molar-refractivity contribution < 1.29 is 28.6 Å². The molecule has 0 amide bonds. The van der Waals surface area contributed by atoms with Crippen molar-refractivity contribution in [2.24, 2.45) is 0 Å². The third-order valence-electron chi connectivity index (χ3n) is 13.9. The Morgan fingerprint density at radius 1 is 0.284 bits per heavy atom. The van der Waals surface area contributed by atoms with Crippen LogP contribution >= 0.6 is 0 Å². The highest BCUT2D eigenvalue weighted by Gasteiger charge is 2.19. The maximum absolute atomic E-state index is 12.8. The van der Waals surface area contributed by atoms with Gasteiger partial charge in [-0.05, 0) is 89.9 Å². The summed E-state index contributed by atoms with van der Waals surface area (Å²) in [6, 6.07) is 0. The molecule has 428 valence electrons. The van der Waals surface area contributed by atoms with Gasteiger partial charge in [0.05, 0.1) is 0 Å². The molecule has 0 spiro atoms.